The third-order valence-corrected chi connectivity index (χ3v) is 6.40. The fourth-order valence-corrected chi connectivity index (χ4v) is 4.88. The van der Waals surface area contributed by atoms with Crippen molar-refractivity contribution < 1.29 is 19.1 Å². The highest BCUT2D eigenvalue weighted by atomic mass is 16.5. The molecule has 0 unspecified atom stereocenters. The van der Waals surface area contributed by atoms with E-state index in [4.69, 9.17) is 15.9 Å². The quantitative estimate of drug-likeness (QED) is 0.788. The van der Waals surface area contributed by atoms with Crippen LogP contribution in [0.15, 0.2) is 18.2 Å². The summed E-state index contributed by atoms with van der Waals surface area (Å²) >= 11 is 0. The van der Waals surface area contributed by atoms with Gasteiger partial charge in [-0.2, -0.15) is 0 Å². The second-order valence-corrected chi connectivity index (χ2v) is 8.65. The van der Waals surface area contributed by atoms with Crippen LogP contribution in [0.4, 0.5) is 0 Å². The number of benzene rings is 1. The third-order valence-electron chi connectivity index (χ3n) is 6.40. The van der Waals surface area contributed by atoms with Crippen LogP contribution in [0.3, 0.4) is 0 Å². The molecule has 6 nitrogen and oxygen atoms in total. The van der Waals surface area contributed by atoms with Crippen molar-refractivity contribution in [3.05, 3.63) is 23.8 Å². The van der Waals surface area contributed by atoms with E-state index in [1.165, 1.54) is 0 Å². The van der Waals surface area contributed by atoms with Gasteiger partial charge in [-0.3, -0.25) is 9.59 Å². The topological polar surface area (TPSA) is 76.7 Å². The Morgan fingerprint density at radius 1 is 1.43 bits per heavy atom. The second-order valence-electron chi connectivity index (χ2n) is 8.65. The number of amides is 2. The second kappa shape index (κ2) is 6.44. The molecule has 1 aromatic carbocycles. The summed E-state index contributed by atoms with van der Waals surface area (Å²) in [6.07, 6.45) is 8.68. The average Bonchev–Trinajstić information content (AvgIpc) is 2.67. The maximum atomic E-state index is 12.8. The van der Waals surface area contributed by atoms with Crippen LogP contribution in [0.2, 0.25) is 0 Å². The van der Waals surface area contributed by atoms with Gasteiger partial charge in [-0.05, 0) is 51.2 Å². The Morgan fingerprint density at radius 3 is 2.86 bits per heavy atom. The lowest BCUT2D eigenvalue weighted by Crippen LogP contribution is -2.67. The molecule has 1 aliphatic heterocycles. The number of terminal acetylenes is 1. The molecule has 5 rings (SSSR count). The van der Waals surface area contributed by atoms with E-state index in [1.807, 2.05) is 13.8 Å². The number of carbonyl (C=O) groups is 2. The van der Waals surface area contributed by atoms with E-state index < -0.39 is 11.3 Å². The zero-order valence-corrected chi connectivity index (χ0v) is 16.5. The molecule has 4 aliphatic rings. The van der Waals surface area contributed by atoms with Crippen LogP contribution >= 0.6 is 0 Å². The van der Waals surface area contributed by atoms with Crippen molar-refractivity contribution in [2.45, 2.75) is 50.8 Å². The van der Waals surface area contributed by atoms with Crippen LogP contribution in [-0.4, -0.2) is 30.2 Å². The molecule has 1 spiro atoms. The summed E-state index contributed by atoms with van der Waals surface area (Å²) in [5.74, 6) is 3.79. The maximum Gasteiger partial charge on any atom is 0.258 e. The van der Waals surface area contributed by atoms with E-state index in [9.17, 15) is 9.59 Å². The first-order valence-electron chi connectivity index (χ1n) is 9.76. The van der Waals surface area contributed by atoms with Crippen molar-refractivity contribution in [1.29, 1.82) is 0 Å². The fraction of sp³-hybridized carbons (Fsp3) is 0.545. The van der Waals surface area contributed by atoms with Crippen LogP contribution in [0.5, 0.6) is 11.5 Å². The number of methoxy groups -OCH3 is 1. The van der Waals surface area contributed by atoms with Crippen LogP contribution in [0.1, 0.15) is 49.9 Å². The average molecular weight is 382 g/mol. The van der Waals surface area contributed by atoms with Gasteiger partial charge in [-0.25, -0.2) is 0 Å². The molecule has 0 radical (unpaired) electrons. The number of hydrogen-bond donors (Lipinski definition) is 2. The summed E-state index contributed by atoms with van der Waals surface area (Å²) in [4.78, 5) is 25.6. The standard InChI is InChI=1S/C22H26N2O4/c1-5-21(2,3)23-20(26)17-10-14-7-6-13(17)12-22(14)24-19(25)16-9-8-15(27-4)11-18(16)28-22/h1,8-9,11,13-14,17H,6-7,10,12H2,2-4H3,(H,23,26)(H,24,25)/t13-,14-,17-,22+/m1/s1. The van der Waals surface area contributed by atoms with Crippen LogP contribution in [-0.2, 0) is 4.79 Å². The van der Waals surface area contributed by atoms with Gasteiger partial charge in [-0.15, -0.1) is 6.42 Å². The van der Waals surface area contributed by atoms with Gasteiger partial charge < -0.3 is 20.1 Å². The molecule has 2 N–H and O–H groups in total. The van der Waals surface area contributed by atoms with Gasteiger partial charge >= 0.3 is 0 Å². The number of carbonyl (C=O) groups excluding carboxylic acids is 2. The monoisotopic (exact) mass is 382 g/mol. The van der Waals surface area contributed by atoms with Gasteiger partial charge in [0, 0.05) is 24.3 Å². The van der Waals surface area contributed by atoms with E-state index in [1.54, 1.807) is 25.3 Å². The Kier molecular flexibility index (Phi) is 4.29. The summed E-state index contributed by atoms with van der Waals surface area (Å²) < 4.78 is 11.7. The van der Waals surface area contributed by atoms with Crippen LogP contribution in [0, 0.1) is 30.1 Å². The Hall–Kier alpha value is -2.68. The fourth-order valence-electron chi connectivity index (χ4n) is 4.88. The molecular formula is C22H26N2O4. The number of rotatable bonds is 3. The Morgan fingerprint density at radius 2 is 2.21 bits per heavy atom. The molecule has 1 aromatic rings. The predicted molar refractivity (Wildman–Crippen MR) is 104 cm³/mol. The molecule has 3 aliphatic carbocycles. The maximum absolute atomic E-state index is 12.8. The largest absolute Gasteiger partial charge is 0.497 e. The van der Waals surface area contributed by atoms with E-state index in [0.717, 1.165) is 12.8 Å². The smallest absolute Gasteiger partial charge is 0.258 e. The molecule has 4 atom stereocenters. The molecule has 2 amide bonds. The molecule has 1 heterocycles. The lowest BCUT2D eigenvalue weighted by molar-refractivity contribution is -0.147. The predicted octanol–water partition coefficient (Wildman–Crippen LogP) is 2.48. The van der Waals surface area contributed by atoms with Crippen LogP contribution < -0.4 is 20.1 Å². The summed E-state index contributed by atoms with van der Waals surface area (Å²) in [7, 11) is 1.59. The molecule has 3 saturated carbocycles. The lowest BCUT2D eigenvalue weighted by Gasteiger charge is -2.55. The molecular weight excluding hydrogens is 356 g/mol. The first kappa shape index (κ1) is 18.7. The number of nitrogens with one attached hydrogen (secondary N) is 2. The van der Waals surface area contributed by atoms with Crippen LogP contribution in [0.25, 0.3) is 0 Å². The minimum Gasteiger partial charge on any atom is -0.497 e. The highest BCUT2D eigenvalue weighted by Crippen LogP contribution is 2.52. The third kappa shape index (κ3) is 2.99. The van der Waals surface area contributed by atoms with E-state index >= 15 is 0 Å². The summed E-state index contributed by atoms with van der Waals surface area (Å²) in [6.45, 7) is 3.64. The van der Waals surface area contributed by atoms with E-state index in [2.05, 4.69) is 16.6 Å². The molecule has 0 aromatic heterocycles. The van der Waals surface area contributed by atoms with Gasteiger partial charge in [0.25, 0.3) is 5.91 Å². The molecule has 0 saturated heterocycles. The molecule has 3 fully saturated rings. The highest BCUT2D eigenvalue weighted by Gasteiger charge is 2.57. The molecule has 148 valence electrons. The first-order valence-corrected chi connectivity index (χ1v) is 9.76. The van der Waals surface area contributed by atoms with Gasteiger partial charge in [0.05, 0.1) is 18.2 Å². The number of ether oxygens (including phenoxy) is 2. The zero-order valence-electron chi connectivity index (χ0n) is 16.5. The summed E-state index contributed by atoms with van der Waals surface area (Å²) in [5, 5.41) is 6.08. The van der Waals surface area contributed by atoms with E-state index in [-0.39, 0.29) is 29.6 Å². The van der Waals surface area contributed by atoms with Crippen molar-refractivity contribution in [1.82, 2.24) is 10.6 Å². The van der Waals surface area contributed by atoms with Crippen molar-refractivity contribution in [2.75, 3.05) is 7.11 Å². The molecule has 28 heavy (non-hydrogen) atoms. The Labute approximate surface area is 165 Å². The van der Waals surface area contributed by atoms with E-state index in [0.29, 0.717) is 29.9 Å². The molecule has 6 heteroatoms. The lowest BCUT2D eigenvalue weighted by atomic mass is 9.59. The molecule has 2 bridgehead atoms. The zero-order chi connectivity index (χ0) is 20.1. The number of fused-ring (bicyclic) bond motifs is 3. The summed E-state index contributed by atoms with van der Waals surface area (Å²) in [6, 6.07) is 5.23. The Bertz CT molecular complexity index is 872. The minimum atomic E-state index is -0.752. The van der Waals surface area contributed by atoms with Crippen molar-refractivity contribution in [3.8, 4) is 23.8 Å². The summed E-state index contributed by atoms with van der Waals surface area (Å²) in [5.41, 5.74) is -0.910. The minimum absolute atomic E-state index is 0.00305. The van der Waals surface area contributed by atoms with Gasteiger partial charge in [0.1, 0.15) is 11.5 Å². The first-order chi connectivity index (χ1) is 13.3. The van der Waals surface area contributed by atoms with Crippen molar-refractivity contribution in [3.63, 3.8) is 0 Å². The van der Waals surface area contributed by atoms with Gasteiger partial charge in [0.15, 0.2) is 5.72 Å². The van der Waals surface area contributed by atoms with Crippen molar-refractivity contribution in [2.24, 2.45) is 17.8 Å². The van der Waals surface area contributed by atoms with Crippen molar-refractivity contribution >= 4 is 11.8 Å². The normalized spacial score (nSPS) is 30.6. The highest BCUT2D eigenvalue weighted by molar-refractivity contribution is 5.98. The Balaban J connectivity index is 1.57. The SMILES string of the molecule is C#CC(C)(C)NC(=O)[C@@H]1C[C@H]2CC[C@@H]1C[C@@]21NC(=O)c2ccc(OC)cc2O1. The van der Waals surface area contributed by atoms with Gasteiger partial charge in [0.2, 0.25) is 5.91 Å². The number of hydrogen-bond acceptors (Lipinski definition) is 4. The van der Waals surface area contributed by atoms with Gasteiger partial charge in [-0.1, -0.05) is 5.92 Å².